The molecule has 0 unspecified atom stereocenters. The van der Waals surface area contributed by atoms with Crippen molar-refractivity contribution in [1.82, 2.24) is 0 Å². The van der Waals surface area contributed by atoms with Gasteiger partial charge in [0.15, 0.2) is 0 Å². The predicted molar refractivity (Wildman–Crippen MR) is 116 cm³/mol. The number of carbonyl (C=O) groups is 4. The van der Waals surface area contributed by atoms with Crippen molar-refractivity contribution >= 4 is 23.9 Å². The fourth-order valence-electron chi connectivity index (χ4n) is 3.69. The minimum Gasteiger partial charge on any atom is -0.461 e. The zero-order valence-corrected chi connectivity index (χ0v) is 19.3. The summed E-state index contributed by atoms with van der Waals surface area (Å²) in [4.78, 5) is 48.0. The molecule has 180 valence electrons. The summed E-state index contributed by atoms with van der Waals surface area (Å²) in [6.07, 6.45) is 2.90. The SMILES string of the molecule is C=C1C(=O)O[C@@H]2C=C(C)[C@@H](OC(C)=O)CC=C(COC(C)=O)C[C@@H](OC(=O)C(C)=CCO)[C@@H]12. The molecule has 4 atom stereocenters. The molecule has 0 saturated carbocycles. The lowest BCUT2D eigenvalue weighted by molar-refractivity contribution is -0.148. The van der Waals surface area contributed by atoms with Gasteiger partial charge in [0.05, 0.1) is 12.5 Å². The quantitative estimate of drug-likeness (QED) is 0.273. The number of hydrogen-bond acceptors (Lipinski definition) is 9. The monoisotopic (exact) mass is 462 g/mol. The Morgan fingerprint density at radius 3 is 2.52 bits per heavy atom. The van der Waals surface area contributed by atoms with E-state index in [0.29, 0.717) is 11.1 Å². The average molecular weight is 462 g/mol. The summed E-state index contributed by atoms with van der Waals surface area (Å²) in [6.45, 7) is 9.26. The zero-order chi connectivity index (χ0) is 24.7. The van der Waals surface area contributed by atoms with Gasteiger partial charge in [-0.15, -0.1) is 0 Å². The highest BCUT2D eigenvalue weighted by Crippen LogP contribution is 2.37. The Balaban J connectivity index is 2.50. The van der Waals surface area contributed by atoms with Crippen LogP contribution in [-0.4, -0.2) is 60.5 Å². The first-order valence-electron chi connectivity index (χ1n) is 10.6. The molecular weight excluding hydrogens is 432 g/mol. The highest BCUT2D eigenvalue weighted by Gasteiger charge is 2.45. The van der Waals surface area contributed by atoms with E-state index in [1.54, 1.807) is 19.1 Å². The number of fused-ring (bicyclic) bond motifs is 1. The molecule has 0 aromatic rings. The second kappa shape index (κ2) is 11.6. The van der Waals surface area contributed by atoms with E-state index in [2.05, 4.69) is 6.58 Å². The van der Waals surface area contributed by atoms with Crippen molar-refractivity contribution < 1.29 is 43.2 Å². The molecular formula is C24H30O9. The lowest BCUT2D eigenvalue weighted by Gasteiger charge is -2.29. The summed E-state index contributed by atoms with van der Waals surface area (Å²) >= 11 is 0. The molecule has 1 fully saturated rings. The van der Waals surface area contributed by atoms with Crippen LogP contribution in [0.15, 0.2) is 47.1 Å². The van der Waals surface area contributed by atoms with Gasteiger partial charge in [-0.25, -0.2) is 9.59 Å². The number of aliphatic hydroxyl groups excluding tert-OH is 1. The van der Waals surface area contributed by atoms with Crippen LogP contribution in [0.5, 0.6) is 0 Å². The first-order chi connectivity index (χ1) is 15.5. The van der Waals surface area contributed by atoms with Crippen LogP contribution in [0.4, 0.5) is 0 Å². The van der Waals surface area contributed by atoms with Crippen LogP contribution in [0.3, 0.4) is 0 Å². The van der Waals surface area contributed by atoms with Gasteiger partial charge in [0.2, 0.25) is 0 Å². The Bertz CT molecular complexity index is 909. The molecule has 0 aromatic heterocycles. The summed E-state index contributed by atoms with van der Waals surface area (Å²) in [7, 11) is 0. The predicted octanol–water partition coefficient (Wildman–Crippen LogP) is 2.10. The van der Waals surface area contributed by atoms with E-state index in [9.17, 15) is 19.2 Å². The number of esters is 4. The molecule has 0 spiro atoms. The van der Waals surface area contributed by atoms with Gasteiger partial charge in [-0.1, -0.05) is 12.7 Å². The standard InChI is InChI=1S/C24H30O9/c1-13(8-9-25)23(28)32-21-11-18(12-30-16(4)26)6-7-19(31-17(5)27)14(2)10-20-22(21)15(3)24(29)33-20/h6,8,10,19-22,25H,3,7,9,11-12H2,1-2,4-5H3/t19-,20+,21+,22-/m0/s1. The summed E-state index contributed by atoms with van der Waals surface area (Å²) in [5.41, 5.74) is 1.61. The van der Waals surface area contributed by atoms with Gasteiger partial charge in [0, 0.05) is 37.8 Å². The van der Waals surface area contributed by atoms with Gasteiger partial charge >= 0.3 is 23.9 Å². The molecule has 2 aliphatic rings. The van der Waals surface area contributed by atoms with Crippen molar-refractivity contribution in [3.63, 3.8) is 0 Å². The van der Waals surface area contributed by atoms with E-state index in [-0.39, 0.29) is 37.2 Å². The molecule has 1 saturated heterocycles. The molecule has 0 amide bonds. The van der Waals surface area contributed by atoms with Gasteiger partial charge in [-0.2, -0.15) is 0 Å². The fraction of sp³-hybridized carbons (Fsp3) is 0.500. The smallest absolute Gasteiger partial charge is 0.334 e. The van der Waals surface area contributed by atoms with E-state index in [4.69, 9.17) is 24.1 Å². The molecule has 1 aliphatic heterocycles. The molecule has 0 radical (unpaired) electrons. The molecule has 1 aliphatic carbocycles. The molecule has 9 nitrogen and oxygen atoms in total. The molecule has 33 heavy (non-hydrogen) atoms. The lowest BCUT2D eigenvalue weighted by Crippen LogP contribution is -2.35. The van der Waals surface area contributed by atoms with Crippen molar-refractivity contribution in [2.24, 2.45) is 5.92 Å². The fourth-order valence-corrected chi connectivity index (χ4v) is 3.69. The van der Waals surface area contributed by atoms with E-state index >= 15 is 0 Å². The molecule has 0 bridgehead atoms. The summed E-state index contributed by atoms with van der Waals surface area (Å²) in [6, 6.07) is 0. The summed E-state index contributed by atoms with van der Waals surface area (Å²) in [5.74, 6) is -2.95. The lowest BCUT2D eigenvalue weighted by atomic mass is 9.85. The maximum absolute atomic E-state index is 12.6. The van der Waals surface area contributed by atoms with Crippen LogP contribution < -0.4 is 0 Å². The molecule has 2 rings (SSSR count). The van der Waals surface area contributed by atoms with Crippen molar-refractivity contribution in [1.29, 1.82) is 0 Å². The second-order valence-electron chi connectivity index (χ2n) is 8.03. The third kappa shape index (κ3) is 7.15. The highest BCUT2D eigenvalue weighted by atomic mass is 16.6. The van der Waals surface area contributed by atoms with E-state index in [1.807, 2.05) is 0 Å². The van der Waals surface area contributed by atoms with Gasteiger partial charge < -0.3 is 24.1 Å². The minimum absolute atomic E-state index is 0.0664. The maximum Gasteiger partial charge on any atom is 0.334 e. The van der Waals surface area contributed by atoms with Gasteiger partial charge in [0.25, 0.3) is 0 Å². The molecule has 1 heterocycles. The van der Waals surface area contributed by atoms with Crippen molar-refractivity contribution in [2.75, 3.05) is 13.2 Å². The molecule has 0 aromatic carbocycles. The number of ether oxygens (including phenoxy) is 4. The third-order valence-electron chi connectivity index (χ3n) is 5.43. The van der Waals surface area contributed by atoms with Crippen LogP contribution in [0.1, 0.15) is 40.5 Å². The largest absolute Gasteiger partial charge is 0.461 e. The molecule has 9 heteroatoms. The third-order valence-corrected chi connectivity index (χ3v) is 5.43. The zero-order valence-electron chi connectivity index (χ0n) is 19.3. The average Bonchev–Trinajstić information content (AvgIpc) is 3.00. The Kier molecular flexibility index (Phi) is 9.16. The van der Waals surface area contributed by atoms with Crippen molar-refractivity contribution in [3.8, 4) is 0 Å². The van der Waals surface area contributed by atoms with Crippen molar-refractivity contribution in [3.05, 3.63) is 47.1 Å². The number of rotatable bonds is 6. The van der Waals surface area contributed by atoms with Gasteiger partial charge in [0.1, 0.15) is 24.9 Å². The minimum atomic E-state index is -0.861. The molecule has 1 N–H and O–H groups in total. The number of aliphatic hydroxyl groups is 1. The Morgan fingerprint density at radius 1 is 1.21 bits per heavy atom. The first-order valence-corrected chi connectivity index (χ1v) is 10.6. The Morgan fingerprint density at radius 2 is 1.91 bits per heavy atom. The Hall–Kier alpha value is -3.20. The van der Waals surface area contributed by atoms with E-state index in [0.717, 1.165) is 0 Å². The van der Waals surface area contributed by atoms with E-state index in [1.165, 1.54) is 26.8 Å². The maximum atomic E-state index is 12.6. The van der Waals surface area contributed by atoms with Gasteiger partial charge in [-0.3, -0.25) is 9.59 Å². The van der Waals surface area contributed by atoms with E-state index < -0.39 is 48.1 Å². The van der Waals surface area contributed by atoms with Gasteiger partial charge in [-0.05, 0) is 37.1 Å². The Labute approximate surface area is 192 Å². The summed E-state index contributed by atoms with van der Waals surface area (Å²) in [5, 5.41) is 9.09. The second-order valence-corrected chi connectivity index (χ2v) is 8.03. The number of hydrogen-bond donors (Lipinski definition) is 1. The van der Waals surface area contributed by atoms with Crippen LogP contribution in [0.2, 0.25) is 0 Å². The first kappa shape index (κ1) is 26.1. The topological polar surface area (TPSA) is 125 Å². The van der Waals surface area contributed by atoms with Crippen LogP contribution >= 0.6 is 0 Å². The van der Waals surface area contributed by atoms with Crippen LogP contribution in [-0.2, 0) is 38.1 Å². The van der Waals surface area contributed by atoms with Crippen LogP contribution in [0, 0.1) is 5.92 Å². The van der Waals surface area contributed by atoms with Crippen LogP contribution in [0.25, 0.3) is 0 Å². The van der Waals surface area contributed by atoms with Crippen molar-refractivity contribution in [2.45, 2.75) is 58.8 Å². The highest BCUT2D eigenvalue weighted by molar-refractivity contribution is 5.92. The summed E-state index contributed by atoms with van der Waals surface area (Å²) < 4.78 is 21.8. The normalized spacial score (nSPS) is 25.8. The number of carbonyl (C=O) groups excluding carboxylic acids is 4.